The minimum Gasteiger partial charge on any atom is -0.443 e. The van der Waals surface area contributed by atoms with Gasteiger partial charge in [0.05, 0.1) is 5.69 Å². The van der Waals surface area contributed by atoms with E-state index in [1.54, 1.807) is 6.20 Å². The van der Waals surface area contributed by atoms with Gasteiger partial charge in [-0.25, -0.2) is 0 Å². The van der Waals surface area contributed by atoms with Gasteiger partial charge in [0.15, 0.2) is 0 Å². The molecule has 0 fully saturated rings. The van der Waals surface area contributed by atoms with Crippen LogP contribution < -0.4 is 4.74 Å². The van der Waals surface area contributed by atoms with Gasteiger partial charge in [-0.15, -0.1) is 5.10 Å². The Labute approximate surface area is 109 Å². The van der Waals surface area contributed by atoms with Crippen LogP contribution in [0.2, 0.25) is 0 Å². The smallest absolute Gasteiger partial charge is 0.415 e. The molecule has 2 aromatic heterocycles. The van der Waals surface area contributed by atoms with E-state index in [1.807, 2.05) is 48.5 Å². The van der Waals surface area contributed by atoms with Crippen molar-refractivity contribution in [2.75, 3.05) is 0 Å². The Hall–Kier alpha value is -2.69. The largest absolute Gasteiger partial charge is 0.443 e. The SMILES string of the molecule is c1ccc(-c2nnc(OCc3ccccn3)o2)cc1. The molecule has 94 valence electrons. The van der Waals surface area contributed by atoms with Gasteiger partial charge in [-0.2, -0.15) is 0 Å². The predicted molar refractivity (Wildman–Crippen MR) is 68.3 cm³/mol. The molecule has 0 amide bonds. The minimum absolute atomic E-state index is 0.143. The maximum atomic E-state index is 5.42. The van der Waals surface area contributed by atoms with E-state index in [1.165, 1.54) is 0 Å². The summed E-state index contributed by atoms with van der Waals surface area (Å²) in [6.07, 6.45) is 1.85. The lowest BCUT2D eigenvalue weighted by Gasteiger charge is -1.99. The lowest BCUT2D eigenvalue weighted by Crippen LogP contribution is -1.97. The number of rotatable bonds is 4. The number of hydrogen-bond donors (Lipinski definition) is 0. The van der Waals surface area contributed by atoms with Crippen LogP contribution in [-0.2, 0) is 6.61 Å². The third-order valence-corrected chi connectivity index (χ3v) is 2.50. The van der Waals surface area contributed by atoms with Crippen LogP contribution in [0.15, 0.2) is 59.1 Å². The molecule has 0 N–H and O–H groups in total. The summed E-state index contributed by atoms with van der Waals surface area (Å²) >= 11 is 0. The molecule has 3 rings (SSSR count). The van der Waals surface area contributed by atoms with Gasteiger partial charge in [-0.3, -0.25) is 4.98 Å². The molecule has 3 aromatic rings. The third-order valence-electron chi connectivity index (χ3n) is 2.50. The van der Waals surface area contributed by atoms with Crippen LogP contribution >= 0.6 is 0 Å². The molecular formula is C14H11N3O2. The Bertz CT molecular complexity index is 638. The normalized spacial score (nSPS) is 10.3. The molecule has 0 radical (unpaired) electrons. The summed E-state index contributed by atoms with van der Waals surface area (Å²) in [5, 5.41) is 7.78. The molecule has 0 atom stereocenters. The molecule has 0 aliphatic rings. The van der Waals surface area contributed by atoms with Crippen LogP contribution in [0.4, 0.5) is 0 Å². The van der Waals surface area contributed by atoms with Crippen molar-refractivity contribution in [2.24, 2.45) is 0 Å². The molecule has 0 saturated carbocycles. The van der Waals surface area contributed by atoms with Crippen molar-refractivity contribution in [1.29, 1.82) is 0 Å². The minimum atomic E-state index is 0.143. The van der Waals surface area contributed by atoms with E-state index in [9.17, 15) is 0 Å². The van der Waals surface area contributed by atoms with Gasteiger partial charge in [-0.1, -0.05) is 29.4 Å². The number of benzene rings is 1. The van der Waals surface area contributed by atoms with Crippen molar-refractivity contribution in [3.8, 4) is 17.5 Å². The molecule has 0 saturated heterocycles. The number of nitrogens with zero attached hydrogens (tertiary/aromatic N) is 3. The molecule has 0 spiro atoms. The van der Waals surface area contributed by atoms with E-state index in [0.717, 1.165) is 11.3 Å². The first-order valence-corrected chi connectivity index (χ1v) is 5.83. The fourth-order valence-electron chi connectivity index (χ4n) is 1.58. The molecule has 5 nitrogen and oxygen atoms in total. The Balaban J connectivity index is 1.69. The van der Waals surface area contributed by atoms with Crippen molar-refractivity contribution < 1.29 is 9.15 Å². The second kappa shape index (κ2) is 5.30. The van der Waals surface area contributed by atoms with E-state index >= 15 is 0 Å². The Morgan fingerprint density at radius 1 is 0.947 bits per heavy atom. The monoisotopic (exact) mass is 253 g/mol. The van der Waals surface area contributed by atoms with Crippen molar-refractivity contribution in [3.05, 3.63) is 60.4 Å². The van der Waals surface area contributed by atoms with Gasteiger partial charge in [0.1, 0.15) is 6.61 Å². The predicted octanol–water partition coefficient (Wildman–Crippen LogP) is 2.71. The lowest BCUT2D eigenvalue weighted by molar-refractivity contribution is 0.219. The zero-order valence-electron chi connectivity index (χ0n) is 10.1. The van der Waals surface area contributed by atoms with Crippen LogP contribution in [0, 0.1) is 0 Å². The fourth-order valence-corrected chi connectivity index (χ4v) is 1.58. The van der Waals surface area contributed by atoms with Gasteiger partial charge in [0.25, 0.3) is 5.89 Å². The highest BCUT2D eigenvalue weighted by molar-refractivity contribution is 5.51. The Morgan fingerprint density at radius 3 is 2.58 bits per heavy atom. The molecule has 5 heteroatoms. The molecule has 0 aliphatic carbocycles. The lowest BCUT2D eigenvalue weighted by atomic mass is 10.2. The van der Waals surface area contributed by atoms with E-state index in [-0.39, 0.29) is 6.08 Å². The fraction of sp³-hybridized carbons (Fsp3) is 0.0714. The van der Waals surface area contributed by atoms with Gasteiger partial charge in [0.2, 0.25) is 0 Å². The molecular weight excluding hydrogens is 242 g/mol. The summed E-state index contributed by atoms with van der Waals surface area (Å²) in [6.45, 7) is 0.303. The Morgan fingerprint density at radius 2 is 1.79 bits per heavy atom. The van der Waals surface area contributed by atoms with Crippen LogP contribution in [0.5, 0.6) is 6.08 Å². The Kier molecular flexibility index (Phi) is 3.18. The van der Waals surface area contributed by atoms with Gasteiger partial charge < -0.3 is 9.15 Å². The first-order chi connectivity index (χ1) is 9.42. The summed E-state index contributed by atoms with van der Waals surface area (Å²) in [5.74, 6) is 0.441. The molecule has 1 aromatic carbocycles. The first-order valence-electron chi connectivity index (χ1n) is 5.83. The molecule has 2 heterocycles. The zero-order valence-corrected chi connectivity index (χ0v) is 10.1. The van der Waals surface area contributed by atoms with E-state index < -0.39 is 0 Å². The quantitative estimate of drug-likeness (QED) is 0.715. The summed E-state index contributed by atoms with van der Waals surface area (Å²) in [6, 6.07) is 15.2. The highest BCUT2D eigenvalue weighted by Gasteiger charge is 2.09. The van der Waals surface area contributed by atoms with Crippen LogP contribution in [0.1, 0.15) is 5.69 Å². The standard InChI is InChI=1S/C14H11N3O2/c1-2-6-11(7-3-1)13-16-17-14(19-13)18-10-12-8-4-5-9-15-12/h1-9H,10H2. The molecule has 19 heavy (non-hydrogen) atoms. The van der Waals surface area contributed by atoms with Crippen molar-refractivity contribution in [3.63, 3.8) is 0 Å². The van der Waals surface area contributed by atoms with Crippen LogP contribution in [0.25, 0.3) is 11.5 Å². The highest BCUT2D eigenvalue weighted by atomic mass is 16.6. The van der Waals surface area contributed by atoms with E-state index in [0.29, 0.717) is 12.5 Å². The molecule has 0 unspecified atom stereocenters. The first kappa shape index (κ1) is 11.4. The number of hydrogen-bond acceptors (Lipinski definition) is 5. The summed E-state index contributed by atoms with van der Waals surface area (Å²) < 4.78 is 10.8. The number of pyridine rings is 1. The summed E-state index contributed by atoms with van der Waals surface area (Å²) in [7, 11) is 0. The second-order valence-electron chi connectivity index (χ2n) is 3.85. The molecule has 0 bridgehead atoms. The maximum absolute atomic E-state index is 5.42. The van der Waals surface area contributed by atoms with Crippen molar-refractivity contribution >= 4 is 0 Å². The van der Waals surface area contributed by atoms with Gasteiger partial charge >= 0.3 is 6.08 Å². The summed E-state index contributed by atoms with van der Waals surface area (Å²) in [5.41, 5.74) is 1.67. The third kappa shape index (κ3) is 2.77. The van der Waals surface area contributed by atoms with Crippen molar-refractivity contribution in [1.82, 2.24) is 15.2 Å². The number of aromatic nitrogens is 3. The average Bonchev–Trinajstić information content (AvgIpc) is 2.96. The second-order valence-corrected chi connectivity index (χ2v) is 3.85. The zero-order chi connectivity index (χ0) is 12.9. The maximum Gasteiger partial charge on any atom is 0.415 e. The summed E-state index contributed by atoms with van der Waals surface area (Å²) in [4.78, 5) is 4.14. The molecule has 0 aliphatic heterocycles. The van der Waals surface area contributed by atoms with Crippen LogP contribution in [-0.4, -0.2) is 15.2 Å². The van der Waals surface area contributed by atoms with Crippen LogP contribution in [0.3, 0.4) is 0 Å². The van der Waals surface area contributed by atoms with Gasteiger partial charge in [0, 0.05) is 11.8 Å². The number of ether oxygens (including phenoxy) is 1. The highest BCUT2D eigenvalue weighted by Crippen LogP contribution is 2.20. The average molecular weight is 253 g/mol. The van der Waals surface area contributed by atoms with Crippen molar-refractivity contribution in [2.45, 2.75) is 6.61 Å². The topological polar surface area (TPSA) is 61.0 Å². The van der Waals surface area contributed by atoms with E-state index in [2.05, 4.69) is 15.2 Å². The van der Waals surface area contributed by atoms with E-state index in [4.69, 9.17) is 9.15 Å². The van der Waals surface area contributed by atoms with Gasteiger partial charge in [-0.05, 0) is 24.3 Å².